The van der Waals surface area contributed by atoms with Gasteiger partial charge in [0.15, 0.2) is 17.6 Å². The average molecular weight is 394 g/mol. The molecule has 0 radical (unpaired) electrons. The fourth-order valence-electron chi connectivity index (χ4n) is 2.83. The number of carbonyl (C=O) groups is 1. The van der Waals surface area contributed by atoms with Crippen LogP contribution >= 0.6 is 0 Å². The Bertz CT molecular complexity index is 677. The lowest BCUT2D eigenvalue weighted by molar-refractivity contribution is 0.0529. The molecule has 2 heterocycles. The van der Waals surface area contributed by atoms with Crippen molar-refractivity contribution < 1.29 is 13.9 Å². The van der Waals surface area contributed by atoms with Crippen molar-refractivity contribution in [3.8, 4) is 0 Å². The van der Waals surface area contributed by atoms with E-state index in [1.165, 1.54) is 6.07 Å². The number of alkyl carbamates (subject to hydrolysis) is 1. The van der Waals surface area contributed by atoms with Gasteiger partial charge >= 0.3 is 6.09 Å². The molecule has 9 heteroatoms. The molecule has 1 atom stereocenters. The molecular weight excluding hydrogens is 363 g/mol. The SMILES string of the molecule is CCNC(=NCCNC(=O)OC(C)(C)C)NC1CCN(c2ncccc2F)C1. The molecule has 0 aromatic carbocycles. The number of hydrogen-bond donors (Lipinski definition) is 3. The molecule has 0 aliphatic carbocycles. The lowest BCUT2D eigenvalue weighted by atomic mass is 10.2. The number of nitrogens with zero attached hydrogens (tertiary/aromatic N) is 3. The molecular formula is C19H31FN6O2. The van der Waals surface area contributed by atoms with E-state index in [1.54, 1.807) is 12.3 Å². The molecule has 1 aromatic heterocycles. The molecule has 28 heavy (non-hydrogen) atoms. The van der Waals surface area contributed by atoms with E-state index in [4.69, 9.17) is 4.74 Å². The summed E-state index contributed by atoms with van der Waals surface area (Å²) in [5.41, 5.74) is -0.523. The Labute approximate surface area is 165 Å². The standard InChI is InChI=1S/C19H31FN6O2/c1-5-21-17(23-10-11-24-18(27)28-19(2,3)4)25-14-8-12-26(13-14)16-15(20)7-6-9-22-16/h6-7,9,14H,5,8,10-13H2,1-4H3,(H,24,27)(H2,21,23,25). The third kappa shape index (κ3) is 7.21. The van der Waals surface area contributed by atoms with Crippen LogP contribution in [0.3, 0.4) is 0 Å². The van der Waals surface area contributed by atoms with Gasteiger partial charge in [0.1, 0.15) is 5.60 Å². The molecule has 3 N–H and O–H groups in total. The number of aromatic nitrogens is 1. The van der Waals surface area contributed by atoms with Gasteiger partial charge < -0.3 is 25.6 Å². The van der Waals surface area contributed by atoms with Crippen LogP contribution in [0.2, 0.25) is 0 Å². The number of carbonyl (C=O) groups excluding carboxylic acids is 1. The van der Waals surface area contributed by atoms with E-state index in [2.05, 4.69) is 25.9 Å². The van der Waals surface area contributed by atoms with Crippen LogP contribution in [0.25, 0.3) is 0 Å². The minimum Gasteiger partial charge on any atom is -0.444 e. The smallest absolute Gasteiger partial charge is 0.407 e. The predicted octanol–water partition coefficient (Wildman–Crippen LogP) is 1.88. The molecule has 156 valence electrons. The second-order valence-electron chi connectivity index (χ2n) is 7.57. The van der Waals surface area contributed by atoms with Gasteiger partial charge in [0.05, 0.1) is 6.54 Å². The molecule has 0 bridgehead atoms. The summed E-state index contributed by atoms with van der Waals surface area (Å²) in [5, 5.41) is 9.24. The normalized spacial score (nSPS) is 17.4. The maximum absolute atomic E-state index is 13.9. The van der Waals surface area contributed by atoms with Gasteiger partial charge in [-0.2, -0.15) is 0 Å². The van der Waals surface area contributed by atoms with Gasteiger partial charge in [0.2, 0.25) is 0 Å². The number of guanidine groups is 1. The van der Waals surface area contributed by atoms with Crippen LogP contribution in [0.15, 0.2) is 23.3 Å². The Morgan fingerprint density at radius 2 is 2.21 bits per heavy atom. The highest BCUT2D eigenvalue weighted by molar-refractivity contribution is 5.80. The molecule has 1 aromatic rings. The number of nitrogens with one attached hydrogen (secondary N) is 3. The monoisotopic (exact) mass is 394 g/mol. The van der Waals surface area contributed by atoms with Crippen molar-refractivity contribution in [2.24, 2.45) is 4.99 Å². The highest BCUT2D eigenvalue weighted by Crippen LogP contribution is 2.20. The first-order valence-electron chi connectivity index (χ1n) is 9.65. The molecule has 1 amide bonds. The van der Waals surface area contributed by atoms with E-state index in [-0.39, 0.29) is 11.9 Å². The maximum Gasteiger partial charge on any atom is 0.407 e. The third-order valence-corrected chi connectivity index (χ3v) is 3.96. The molecule has 1 aliphatic heterocycles. The van der Waals surface area contributed by atoms with Crippen molar-refractivity contribution in [2.45, 2.75) is 45.8 Å². The Morgan fingerprint density at radius 1 is 1.43 bits per heavy atom. The van der Waals surface area contributed by atoms with E-state index in [0.29, 0.717) is 31.4 Å². The summed E-state index contributed by atoms with van der Waals surface area (Å²) in [6.07, 6.45) is 2.00. The topological polar surface area (TPSA) is 90.9 Å². The van der Waals surface area contributed by atoms with Gasteiger partial charge in [0.25, 0.3) is 0 Å². The molecule has 1 aliphatic rings. The number of ether oxygens (including phenoxy) is 1. The Kier molecular flexibility index (Phi) is 7.83. The number of anilines is 1. The second-order valence-corrected chi connectivity index (χ2v) is 7.57. The largest absolute Gasteiger partial charge is 0.444 e. The highest BCUT2D eigenvalue weighted by Gasteiger charge is 2.25. The lowest BCUT2D eigenvalue weighted by Crippen LogP contribution is -2.45. The molecule has 0 spiro atoms. The molecule has 1 saturated heterocycles. The van der Waals surface area contributed by atoms with E-state index in [9.17, 15) is 9.18 Å². The number of halogens is 1. The summed E-state index contributed by atoms with van der Waals surface area (Å²) >= 11 is 0. The van der Waals surface area contributed by atoms with Crippen LogP contribution in [-0.2, 0) is 4.74 Å². The summed E-state index contributed by atoms with van der Waals surface area (Å²) in [6, 6.07) is 3.15. The van der Waals surface area contributed by atoms with E-state index >= 15 is 0 Å². The minimum absolute atomic E-state index is 0.137. The first-order chi connectivity index (χ1) is 13.3. The van der Waals surface area contributed by atoms with Crippen molar-refractivity contribution in [1.29, 1.82) is 0 Å². The fourth-order valence-corrected chi connectivity index (χ4v) is 2.83. The summed E-state index contributed by atoms with van der Waals surface area (Å²) in [6.45, 7) is 10.3. The van der Waals surface area contributed by atoms with Crippen molar-refractivity contribution in [2.75, 3.05) is 37.6 Å². The summed E-state index contributed by atoms with van der Waals surface area (Å²) in [7, 11) is 0. The number of rotatable bonds is 6. The number of amides is 1. The van der Waals surface area contributed by atoms with Crippen LogP contribution in [-0.4, -0.2) is 61.4 Å². The predicted molar refractivity (Wildman–Crippen MR) is 108 cm³/mol. The summed E-state index contributed by atoms with van der Waals surface area (Å²) in [5.74, 6) is 0.745. The second kappa shape index (κ2) is 10.1. The van der Waals surface area contributed by atoms with E-state index in [0.717, 1.165) is 19.5 Å². The first-order valence-corrected chi connectivity index (χ1v) is 9.65. The zero-order valence-electron chi connectivity index (χ0n) is 17.1. The van der Waals surface area contributed by atoms with Crippen LogP contribution in [0.4, 0.5) is 15.0 Å². The summed E-state index contributed by atoms with van der Waals surface area (Å²) < 4.78 is 19.1. The molecule has 2 rings (SSSR count). The van der Waals surface area contributed by atoms with Gasteiger partial charge in [-0.15, -0.1) is 0 Å². The van der Waals surface area contributed by atoms with Crippen molar-refractivity contribution >= 4 is 17.9 Å². The Hall–Kier alpha value is -2.58. The van der Waals surface area contributed by atoms with E-state index in [1.807, 2.05) is 32.6 Å². The number of aliphatic imine (C=N–C) groups is 1. The third-order valence-electron chi connectivity index (χ3n) is 3.96. The molecule has 0 saturated carbocycles. The minimum atomic E-state index is -0.523. The zero-order valence-corrected chi connectivity index (χ0v) is 17.1. The van der Waals surface area contributed by atoms with Gasteiger partial charge in [0, 0.05) is 38.4 Å². The first kappa shape index (κ1) is 21.7. The van der Waals surface area contributed by atoms with Crippen LogP contribution in [0.5, 0.6) is 0 Å². The van der Waals surface area contributed by atoms with Crippen LogP contribution in [0, 0.1) is 5.82 Å². The number of pyridine rings is 1. The van der Waals surface area contributed by atoms with Crippen molar-refractivity contribution in [3.05, 3.63) is 24.1 Å². The van der Waals surface area contributed by atoms with E-state index < -0.39 is 11.7 Å². The zero-order chi connectivity index (χ0) is 20.6. The number of hydrogen-bond acceptors (Lipinski definition) is 5. The maximum atomic E-state index is 13.9. The lowest BCUT2D eigenvalue weighted by Gasteiger charge is -2.20. The molecule has 8 nitrogen and oxygen atoms in total. The fraction of sp³-hybridized carbons (Fsp3) is 0.632. The average Bonchev–Trinajstić information content (AvgIpc) is 3.06. The van der Waals surface area contributed by atoms with Crippen molar-refractivity contribution in [3.63, 3.8) is 0 Å². The van der Waals surface area contributed by atoms with Gasteiger partial charge in [-0.25, -0.2) is 14.2 Å². The summed E-state index contributed by atoms with van der Waals surface area (Å²) in [4.78, 5) is 22.2. The molecule has 1 unspecified atom stereocenters. The highest BCUT2D eigenvalue weighted by atomic mass is 19.1. The van der Waals surface area contributed by atoms with Crippen LogP contribution < -0.4 is 20.9 Å². The van der Waals surface area contributed by atoms with Gasteiger partial charge in [-0.3, -0.25) is 4.99 Å². The quantitative estimate of drug-likeness (QED) is 0.388. The molecule has 1 fully saturated rings. The van der Waals surface area contributed by atoms with Gasteiger partial charge in [-0.1, -0.05) is 0 Å². The van der Waals surface area contributed by atoms with Gasteiger partial charge in [-0.05, 0) is 46.2 Å². The Morgan fingerprint density at radius 3 is 2.89 bits per heavy atom. The van der Waals surface area contributed by atoms with Crippen molar-refractivity contribution in [1.82, 2.24) is 20.9 Å². The van der Waals surface area contributed by atoms with Crippen LogP contribution in [0.1, 0.15) is 34.1 Å². The Balaban J connectivity index is 1.81.